The molecule has 0 bridgehead atoms. The number of carbonyl (C=O) groups excluding carboxylic acids is 2. The van der Waals surface area contributed by atoms with Crippen LogP contribution in [-0.2, 0) is 16.1 Å². The highest BCUT2D eigenvalue weighted by atomic mass is 32.2. The Balaban J connectivity index is 1.51. The molecule has 2 aromatic carbocycles. The highest BCUT2D eigenvalue weighted by Gasteiger charge is 2.29. The normalized spacial score (nSPS) is 17.9. The molecule has 1 saturated heterocycles. The Kier molecular flexibility index (Phi) is 7.85. The first-order valence-corrected chi connectivity index (χ1v) is 12.8. The maximum absolute atomic E-state index is 13.4. The number of benzene rings is 2. The number of hydrogen-bond donors (Lipinski definition) is 1. The number of nitrogens with zero attached hydrogens (tertiary/aromatic N) is 3. The van der Waals surface area contributed by atoms with Crippen LogP contribution in [0.5, 0.6) is 11.5 Å². The van der Waals surface area contributed by atoms with Crippen LogP contribution in [0.1, 0.15) is 33.1 Å². The minimum atomic E-state index is -0.204. The number of rotatable bonds is 8. The topological polar surface area (TPSA) is 85.7 Å². The molecule has 1 aliphatic rings. The second-order valence-electron chi connectivity index (χ2n) is 8.80. The predicted molar refractivity (Wildman–Crippen MR) is 138 cm³/mol. The Bertz CT molecular complexity index is 1200. The van der Waals surface area contributed by atoms with Crippen molar-refractivity contribution < 1.29 is 19.1 Å². The molecule has 0 radical (unpaired) electrons. The predicted octanol–water partition coefficient (Wildman–Crippen LogP) is 4.57. The van der Waals surface area contributed by atoms with E-state index in [1.807, 2.05) is 33.7 Å². The molecule has 0 saturated carbocycles. The van der Waals surface area contributed by atoms with Crippen LogP contribution in [0.25, 0.3) is 11.0 Å². The van der Waals surface area contributed by atoms with Crippen molar-refractivity contribution in [1.82, 2.24) is 14.5 Å². The van der Waals surface area contributed by atoms with E-state index in [4.69, 9.17) is 14.5 Å². The van der Waals surface area contributed by atoms with Gasteiger partial charge in [0.15, 0.2) is 5.16 Å². The number of thioether (sulfide) groups is 1. The number of likely N-dealkylation sites (tertiary alicyclic amines) is 1. The molecule has 4 rings (SSSR count). The molecule has 1 aromatic heterocycles. The summed E-state index contributed by atoms with van der Waals surface area (Å²) in [4.78, 5) is 32.9. The first kappa shape index (κ1) is 24.9. The second kappa shape index (κ2) is 11.0. The maximum Gasteiger partial charge on any atom is 0.243 e. The van der Waals surface area contributed by atoms with E-state index in [1.54, 1.807) is 32.4 Å². The highest BCUT2D eigenvalue weighted by Crippen LogP contribution is 2.30. The second-order valence-corrected chi connectivity index (χ2v) is 9.74. The van der Waals surface area contributed by atoms with Crippen molar-refractivity contribution in [2.75, 3.05) is 25.3 Å². The Morgan fingerprint density at radius 3 is 2.54 bits per heavy atom. The van der Waals surface area contributed by atoms with Gasteiger partial charge in [0.25, 0.3) is 0 Å². The quantitative estimate of drug-likeness (QED) is 0.460. The summed E-state index contributed by atoms with van der Waals surface area (Å²) in [6, 6.07) is 13.4. The Morgan fingerprint density at radius 1 is 1.09 bits per heavy atom. The van der Waals surface area contributed by atoms with E-state index in [9.17, 15) is 9.59 Å². The van der Waals surface area contributed by atoms with Gasteiger partial charge in [-0.25, -0.2) is 4.98 Å². The number of carbonyl (C=O) groups is 2. The van der Waals surface area contributed by atoms with Gasteiger partial charge in [-0.2, -0.15) is 0 Å². The van der Waals surface area contributed by atoms with E-state index in [1.165, 1.54) is 11.8 Å². The fraction of sp³-hybridized carbons (Fsp3) is 0.423. The molecule has 1 fully saturated rings. The van der Waals surface area contributed by atoms with Crippen LogP contribution < -0.4 is 14.8 Å². The standard InChI is InChI=1S/C26H32N4O4S/c1-17-8-7-9-18(2)30(17)25(32)15-29-22-11-6-5-10-20(22)28-26(29)35-16-24(31)27-21-14-19(33-3)12-13-23(21)34-4/h5-6,10-14,17-18H,7-9,15-16H2,1-4H3,(H,27,31). The van der Waals surface area contributed by atoms with Gasteiger partial charge >= 0.3 is 0 Å². The van der Waals surface area contributed by atoms with Crippen LogP contribution in [0.15, 0.2) is 47.6 Å². The monoisotopic (exact) mass is 496 g/mol. The van der Waals surface area contributed by atoms with Crippen molar-refractivity contribution >= 4 is 40.3 Å². The average Bonchev–Trinajstić information content (AvgIpc) is 3.19. The van der Waals surface area contributed by atoms with Crippen LogP contribution in [-0.4, -0.2) is 58.3 Å². The summed E-state index contributed by atoms with van der Waals surface area (Å²) < 4.78 is 12.5. The number of nitrogens with one attached hydrogen (secondary N) is 1. The van der Waals surface area contributed by atoms with Crippen LogP contribution >= 0.6 is 11.8 Å². The number of anilines is 1. The lowest BCUT2D eigenvalue weighted by atomic mass is 9.97. The lowest BCUT2D eigenvalue weighted by Gasteiger charge is -2.39. The smallest absolute Gasteiger partial charge is 0.243 e. The zero-order chi connectivity index (χ0) is 24.9. The number of ether oxygens (including phenoxy) is 2. The molecule has 1 aliphatic heterocycles. The SMILES string of the molecule is COc1ccc(OC)c(NC(=O)CSc2nc3ccccc3n2CC(=O)N2C(C)CCCC2C)c1. The third-order valence-corrected chi connectivity index (χ3v) is 7.38. The van der Waals surface area contributed by atoms with Gasteiger partial charge in [-0.3, -0.25) is 9.59 Å². The number of aromatic nitrogens is 2. The Hall–Kier alpha value is -3.20. The van der Waals surface area contributed by atoms with Crippen molar-refractivity contribution in [3.05, 3.63) is 42.5 Å². The molecule has 9 heteroatoms. The largest absolute Gasteiger partial charge is 0.497 e. The summed E-state index contributed by atoms with van der Waals surface area (Å²) in [6.45, 7) is 4.43. The number of piperidine rings is 1. The van der Waals surface area contributed by atoms with Crippen LogP contribution in [0.2, 0.25) is 0 Å². The zero-order valence-electron chi connectivity index (χ0n) is 20.6. The minimum Gasteiger partial charge on any atom is -0.497 e. The van der Waals surface area contributed by atoms with Crippen LogP contribution in [0, 0.1) is 0 Å². The van der Waals surface area contributed by atoms with Crippen molar-refractivity contribution in [3.8, 4) is 11.5 Å². The van der Waals surface area contributed by atoms with Crippen molar-refractivity contribution in [2.24, 2.45) is 0 Å². The van der Waals surface area contributed by atoms with Crippen molar-refractivity contribution in [3.63, 3.8) is 0 Å². The molecule has 35 heavy (non-hydrogen) atoms. The van der Waals surface area contributed by atoms with Crippen molar-refractivity contribution in [1.29, 1.82) is 0 Å². The fourth-order valence-corrected chi connectivity index (χ4v) is 5.49. The molecule has 1 N–H and O–H groups in total. The lowest BCUT2D eigenvalue weighted by Crippen LogP contribution is -2.48. The van der Waals surface area contributed by atoms with Gasteiger partial charge in [-0.05, 0) is 57.4 Å². The molecule has 0 aliphatic carbocycles. The van der Waals surface area contributed by atoms with Crippen molar-refractivity contribution in [2.45, 2.75) is 56.9 Å². The molecule has 2 atom stereocenters. The molecule has 2 unspecified atom stereocenters. The first-order valence-electron chi connectivity index (χ1n) is 11.8. The Labute approximate surface area is 210 Å². The summed E-state index contributed by atoms with van der Waals surface area (Å²) in [5, 5.41) is 3.53. The van der Waals surface area contributed by atoms with E-state index in [-0.39, 0.29) is 36.2 Å². The summed E-state index contributed by atoms with van der Waals surface area (Å²) >= 11 is 1.31. The molecule has 0 spiro atoms. The van der Waals surface area contributed by atoms with Gasteiger partial charge in [-0.15, -0.1) is 0 Å². The summed E-state index contributed by atoms with van der Waals surface area (Å²) in [6.07, 6.45) is 3.20. The fourth-order valence-electron chi connectivity index (χ4n) is 4.67. The molecular weight excluding hydrogens is 464 g/mol. The maximum atomic E-state index is 13.4. The molecule has 8 nitrogen and oxygen atoms in total. The van der Waals surface area contributed by atoms with Crippen LogP contribution in [0.4, 0.5) is 5.69 Å². The van der Waals surface area contributed by atoms with E-state index in [2.05, 4.69) is 19.2 Å². The summed E-state index contributed by atoms with van der Waals surface area (Å²) in [7, 11) is 3.12. The van der Waals surface area contributed by atoms with E-state index >= 15 is 0 Å². The highest BCUT2D eigenvalue weighted by molar-refractivity contribution is 7.99. The molecule has 186 valence electrons. The number of para-hydroxylation sites is 2. The van der Waals surface area contributed by atoms with Gasteiger partial charge in [0.2, 0.25) is 11.8 Å². The number of amides is 2. The summed E-state index contributed by atoms with van der Waals surface area (Å²) in [5.74, 6) is 1.18. The molecular formula is C26H32N4O4S. The lowest BCUT2D eigenvalue weighted by molar-refractivity contribution is -0.138. The first-order chi connectivity index (χ1) is 16.9. The van der Waals surface area contributed by atoms with E-state index < -0.39 is 0 Å². The van der Waals surface area contributed by atoms with Crippen LogP contribution in [0.3, 0.4) is 0 Å². The summed E-state index contributed by atoms with van der Waals surface area (Å²) in [5.41, 5.74) is 2.22. The van der Waals surface area contributed by atoms with E-state index in [0.717, 1.165) is 30.3 Å². The van der Waals surface area contributed by atoms with Gasteiger partial charge in [0.1, 0.15) is 18.0 Å². The minimum absolute atomic E-state index is 0.0836. The number of fused-ring (bicyclic) bond motifs is 1. The third kappa shape index (κ3) is 5.56. The number of methoxy groups -OCH3 is 2. The Morgan fingerprint density at radius 2 is 1.83 bits per heavy atom. The van der Waals surface area contributed by atoms with Gasteiger partial charge in [-0.1, -0.05) is 23.9 Å². The zero-order valence-corrected chi connectivity index (χ0v) is 21.4. The molecule has 3 aromatic rings. The number of hydrogen-bond acceptors (Lipinski definition) is 6. The van der Waals surface area contributed by atoms with Gasteiger partial charge in [0, 0.05) is 18.2 Å². The third-order valence-electron chi connectivity index (χ3n) is 6.41. The van der Waals surface area contributed by atoms with E-state index in [0.29, 0.717) is 22.3 Å². The molecule has 2 heterocycles. The molecule has 2 amide bonds. The van der Waals surface area contributed by atoms with Gasteiger partial charge < -0.3 is 24.3 Å². The number of imidazole rings is 1. The average molecular weight is 497 g/mol. The van der Waals surface area contributed by atoms with Gasteiger partial charge in [0.05, 0.1) is 36.7 Å².